The van der Waals surface area contributed by atoms with Crippen LogP contribution in [0.4, 0.5) is 0 Å². The molecule has 0 aliphatic carbocycles. The van der Waals surface area contributed by atoms with Crippen molar-refractivity contribution in [3.63, 3.8) is 0 Å². The Balaban J connectivity index is 0.000000354. The highest BCUT2D eigenvalue weighted by Gasteiger charge is 2.12. The van der Waals surface area contributed by atoms with Gasteiger partial charge >= 0.3 is 0 Å². The molecule has 1 rings (SSSR count). The minimum atomic E-state index is -0.293. The molecule has 2 atom stereocenters. The molecule has 1 saturated heterocycles. The average Bonchev–Trinajstić information content (AvgIpc) is 2.18. The van der Waals surface area contributed by atoms with E-state index in [0.717, 1.165) is 19.3 Å². The standard InChI is InChI=1S/C6H11BO2.C3H8/c7-6-3-1-2-5(8)4-9-6;1-3-2/h5-6,8H,1-4H2;3H2,1-2H3. The summed E-state index contributed by atoms with van der Waals surface area (Å²) in [5.74, 6) is 0. The van der Waals surface area contributed by atoms with Crippen LogP contribution in [0.3, 0.4) is 0 Å². The minimum absolute atomic E-state index is 0.151. The van der Waals surface area contributed by atoms with E-state index in [-0.39, 0.29) is 12.1 Å². The molecule has 12 heavy (non-hydrogen) atoms. The van der Waals surface area contributed by atoms with Crippen LogP contribution in [0.15, 0.2) is 0 Å². The second-order valence-corrected chi connectivity index (χ2v) is 3.16. The topological polar surface area (TPSA) is 29.5 Å². The van der Waals surface area contributed by atoms with Crippen molar-refractivity contribution >= 4 is 7.85 Å². The summed E-state index contributed by atoms with van der Waals surface area (Å²) in [7, 11) is 5.46. The van der Waals surface area contributed by atoms with E-state index in [1.54, 1.807) is 0 Å². The summed E-state index contributed by atoms with van der Waals surface area (Å²) < 4.78 is 5.04. The van der Waals surface area contributed by atoms with Crippen LogP contribution >= 0.6 is 0 Å². The molecular formula is C9H19BO2. The zero-order valence-corrected chi connectivity index (χ0v) is 8.12. The van der Waals surface area contributed by atoms with E-state index >= 15 is 0 Å². The zero-order chi connectivity index (χ0) is 9.40. The van der Waals surface area contributed by atoms with E-state index in [2.05, 4.69) is 13.8 Å². The third kappa shape index (κ3) is 6.68. The molecule has 0 aromatic rings. The van der Waals surface area contributed by atoms with Gasteiger partial charge in [-0.1, -0.05) is 20.3 Å². The van der Waals surface area contributed by atoms with Gasteiger partial charge in [-0.15, -0.1) is 0 Å². The second kappa shape index (κ2) is 7.62. The molecule has 2 nitrogen and oxygen atoms in total. The molecule has 0 aromatic heterocycles. The summed E-state index contributed by atoms with van der Waals surface area (Å²) in [6, 6.07) is -0.151. The average molecular weight is 170 g/mol. The Labute approximate surface area is 76.7 Å². The van der Waals surface area contributed by atoms with E-state index in [1.165, 1.54) is 6.42 Å². The maximum absolute atomic E-state index is 9.03. The molecule has 1 aliphatic heterocycles. The van der Waals surface area contributed by atoms with Crippen LogP contribution in [0.2, 0.25) is 0 Å². The van der Waals surface area contributed by atoms with Gasteiger partial charge in [-0.3, -0.25) is 0 Å². The van der Waals surface area contributed by atoms with Gasteiger partial charge in [0.1, 0.15) is 7.85 Å². The number of aliphatic hydroxyl groups is 1. The van der Waals surface area contributed by atoms with Crippen LogP contribution in [-0.4, -0.2) is 31.7 Å². The van der Waals surface area contributed by atoms with Gasteiger partial charge in [-0.05, 0) is 19.3 Å². The highest BCUT2D eigenvalue weighted by molar-refractivity contribution is 6.10. The largest absolute Gasteiger partial charge is 0.391 e. The maximum atomic E-state index is 9.03. The van der Waals surface area contributed by atoms with E-state index < -0.39 is 0 Å². The van der Waals surface area contributed by atoms with Crippen LogP contribution in [0, 0.1) is 0 Å². The van der Waals surface area contributed by atoms with E-state index in [9.17, 15) is 0 Å². The molecule has 0 aromatic carbocycles. The van der Waals surface area contributed by atoms with Crippen LogP contribution in [-0.2, 0) is 4.74 Å². The lowest BCUT2D eigenvalue weighted by Crippen LogP contribution is -2.16. The lowest BCUT2D eigenvalue weighted by atomic mass is 9.95. The highest BCUT2D eigenvalue weighted by Crippen LogP contribution is 2.10. The molecule has 1 aliphatic rings. The Bertz CT molecular complexity index is 88.5. The first-order chi connectivity index (χ1) is 5.70. The minimum Gasteiger partial charge on any atom is -0.391 e. The lowest BCUT2D eigenvalue weighted by Gasteiger charge is -2.08. The number of hydrogen-bond donors (Lipinski definition) is 1. The summed E-state index contributed by atoms with van der Waals surface area (Å²) in [5.41, 5.74) is 0. The Morgan fingerprint density at radius 3 is 2.58 bits per heavy atom. The fourth-order valence-corrected chi connectivity index (χ4v) is 0.956. The number of hydrogen-bond acceptors (Lipinski definition) is 2. The number of ether oxygens (including phenoxy) is 1. The van der Waals surface area contributed by atoms with Gasteiger partial charge < -0.3 is 9.84 Å². The van der Waals surface area contributed by atoms with Crippen LogP contribution in [0.5, 0.6) is 0 Å². The van der Waals surface area contributed by atoms with Gasteiger partial charge in [-0.25, -0.2) is 0 Å². The molecule has 0 amide bonds. The second-order valence-electron chi connectivity index (χ2n) is 3.16. The molecule has 2 radical (unpaired) electrons. The van der Waals surface area contributed by atoms with Crippen LogP contribution in [0.1, 0.15) is 39.5 Å². The third-order valence-electron chi connectivity index (χ3n) is 1.53. The van der Waals surface area contributed by atoms with Gasteiger partial charge in [0, 0.05) is 6.00 Å². The lowest BCUT2D eigenvalue weighted by molar-refractivity contribution is 0.0364. The fraction of sp³-hybridized carbons (Fsp3) is 1.00. The maximum Gasteiger partial charge on any atom is 0.108 e. The predicted octanol–water partition coefficient (Wildman–Crippen LogP) is 1.46. The molecule has 0 saturated carbocycles. The van der Waals surface area contributed by atoms with Crippen molar-refractivity contribution in [3.05, 3.63) is 0 Å². The summed E-state index contributed by atoms with van der Waals surface area (Å²) in [4.78, 5) is 0. The summed E-state index contributed by atoms with van der Waals surface area (Å²) in [5, 5.41) is 9.03. The predicted molar refractivity (Wildman–Crippen MR) is 51.3 cm³/mol. The van der Waals surface area contributed by atoms with Crippen LogP contribution in [0.25, 0.3) is 0 Å². The zero-order valence-electron chi connectivity index (χ0n) is 8.12. The van der Waals surface area contributed by atoms with E-state index in [0.29, 0.717) is 6.61 Å². The molecule has 1 heterocycles. The van der Waals surface area contributed by atoms with Crippen molar-refractivity contribution < 1.29 is 9.84 Å². The number of rotatable bonds is 0. The molecule has 3 heteroatoms. The van der Waals surface area contributed by atoms with Gasteiger partial charge in [0.05, 0.1) is 12.7 Å². The SMILES string of the molecule is CCC.[B]C1CCCC(O)CO1. The Hall–Kier alpha value is -0.0151. The summed E-state index contributed by atoms with van der Waals surface area (Å²) in [6.07, 6.45) is 3.63. The van der Waals surface area contributed by atoms with Gasteiger partial charge in [0.25, 0.3) is 0 Å². The van der Waals surface area contributed by atoms with Crippen molar-refractivity contribution in [1.82, 2.24) is 0 Å². The third-order valence-corrected chi connectivity index (χ3v) is 1.53. The fourth-order valence-electron chi connectivity index (χ4n) is 0.956. The monoisotopic (exact) mass is 170 g/mol. The molecule has 1 N–H and O–H groups in total. The van der Waals surface area contributed by atoms with Gasteiger partial charge in [0.15, 0.2) is 0 Å². The molecule has 1 fully saturated rings. The molecular weight excluding hydrogens is 151 g/mol. The summed E-state index contributed by atoms with van der Waals surface area (Å²) in [6.45, 7) is 4.65. The van der Waals surface area contributed by atoms with Crippen molar-refractivity contribution in [2.75, 3.05) is 6.61 Å². The van der Waals surface area contributed by atoms with E-state index in [1.807, 2.05) is 0 Å². The van der Waals surface area contributed by atoms with Crippen molar-refractivity contribution in [3.8, 4) is 0 Å². The molecule has 2 unspecified atom stereocenters. The summed E-state index contributed by atoms with van der Waals surface area (Å²) >= 11 is 0. The first-order valence-electron chi connectivity index (χ1n) is 4.75. The molecule has 70 valence electrons. The Morgan fingerprint density at radius 2 is 2.00 bits per heavy atom. The van der Waals surface area contributed by atoms with E-state index in [4.69, 9.17) is 17.7 Å². The van der Waals surface area contributed by atoms with Gasteiger partial charge in [-0.2, -0.15) is 0 Å². The van der Waals surface area contributed by atoms with Crippen molar-refractivity contribution in [1.29, 1.82) is 0 Å². The first-order valence-corrected chi connectivity index (χ1v) is 4.75. The Morgan fingerprint density at radius 1 is 1.42 bits per heavy atom. The first kappa shape index (κ1) is 12.0. The molecule has 0 bridgehead atoms. The quantitative estimate of drug-likeness (QED) is 0.557. The van der Waals surface area contributed by atoms with Gasteiger partial charge in [0.2, 0.25) is 0 Å². The smallest absolute Gasteiger partial charge is 0.108 e. The Kier molecular flexibility index (Phi) is 7.62. The highest BCUT2D eigenvalue weighted by atomic mass is 16.5. The number of aliphatic hydroxyl groups excluding tert-OH is 1. The normalized spacial score (nSPS) is 29.9. The molecule has 0 spiro atoms. The van der Waals surface area contributed by atoms with Crippen LogP contribution < -0.4 is 0 Å². The van der Waals surface area contributed by atoms with Crippen molar-refractivity contribution in [2.45, 2.75) is 51.6 Å². The van der Waals surface area contributed by atoms with Crippen molar-refractivity contribution in [2.24, 2.45) is 0 Å².